The zero-order valence-electron chi connectivity index (χ0n) is 19.1. The summed E-state index contributed by atoms with van der Waals surface area (Å²) in [5, 5.41) is 3.07. The molecule has 2 aromatic rings. The first kappa shape index (κ1) is 24.2. The Labute approximate surface area is 190 Å². The fourth-order valence-electron chi connectivity index (χ4n) is 3.77. The Kier molecular flexibility index (Phi) is 7.92. The van der Waals surface area contributed by atoms with E-state index < -0.39 is 10.0 Å². The summed E-state index contributed by atoms with van der Waals surface area (Å²) in [6.07, 6.45) is 0.950. The van der Waals surface area contributed by atoms with Gasteiger partial charge in [-0.25, -0.2) is 8.42 Å². The maximum absolute atomic E-state index is 13.2. The molecule has 0 radical (unpaired) electrons. The number of nitrogens with one attached hydrogen (secondary N) is 1. The lowest BCUT2D eigenvalue weighted by Crippen LogP contribution is -2.40. The molecule has 0 saturated carbocycles. The lowest BCUT2D eigenvalue weighted by Gasteiger charge is -2.27. The normalized spacial score (nSPS) is 16.0. The van der Waals surface area contributed by atoms with Crippen LogP contribution in [-0.2, 0) is 21.2 Å². The maximum Gasteiger partial charge on any atom is 0.251 e. The standard InChI is InChI=1S/C24H32N2O5S/c1-5-18-6-8-19(9-7-18)23(17(2)3)25-24(27)20-10-11-21(30-4)22(16-20)32(28,29)26-12-14-31-15-13-26/h6-11,16-17,23H,5,12-15H2,1-4H3,(H,25,27). The predicted octanol–water partition coefficient (Wildman–Crippen LogP) is 3.41. The zero-order chi connectivity index (χ0) is 23.3. The molecule has 0 aromatic heterocycles. The second kappa shape index (κ2) is 10.5. The molecule has 1 fully saturated rings. The van der Waals surface area contributed by atoms with Crippen LogP contribution in [0.5, 0.6) is 5.75 Å². The number of benzene rings is 2. The molecule has 1 aliphatic rings. The van der Waals surface area contributed by atoms with Gasteiger partial charge in [-0.15, -0.1) is 0 Å². The summed E-state index contributed by atoms with van der Waals surface area (Å²) in [5.74, 6) is 0.0363. The topological polar surface area (TPSA) is 84.9 Å². The molecule has 7 nitrogen and oxygen atoms in total. The summed E-state index contributed by atoms with van der Waals surface area (Å²) < 4.78 is 38.4. The van der Waals surface area contributed by atoms with Crippen LogP contribution in [0.3, 0.4) is 0 Å². The highest BCUT2D eigenvalue weighted by Gasteiger charge is 2.30. The second-order valence-corrected chi connectivity index (χ2v) is 10.1. The van der Waals surface area contributed by atoms with E-state index in [2.05, 4.69) is 24.4 Å². The fourth-order valence-corrected chi connectivity index (χ4v) is 5.36. The number of carbonyl (C=O) groups excluding carboxylic acids is 1. The lowest BCUT2D eigenvalue weighted by atomic mass is 9.94. The maximum atomic E-state index is 13.2. The van der Waals surface area contributed by atoms with E-state index in [0.717, 1.165) is 12.0 Å². The summed E-state index contributed by atoms with van der Waals surface area (Å²) in [7, 11) is -2.40. The number of hydrogen-bond donors (Lipinski definition) is 1. The van der Waals surface area contributed by atoms with Gasteiger partial charge in [0.05, 0.1) is 26.4 Å². The van der Waals surface area contributed by atoms with Gasteiger partial charge in [0.1, 0.15) is 10.6 Å². The molecular weight excluding hydrogens is 428 g/mol. The fraction of sp³-hybridized carbons (Fsp3) is 0.458. The van der Waals surface area contributed by atoms with Crippen molar-refractivity contribution in [1.29, 1.82) is 0 Å². The molecular formula is C24H32N2O5S. The van der Waals surface area contributed by atoms with Gasteiger partial charge in [0, 0.05) is 18.7 Å². The van der Waals surface area contributed by atoms with Crippen molar-refractivity contribution in [1.82, 2.24) is 9.62 Å². The first-order valence-corrected chi connectivity index (χ1v) is 12.4. The first-order valence-electron chi connectivity index (χ1n) is 10.9. The van der Waals surface area contributed by atoms with Crippen LogP contribution in [0.2, 0.25) is 0 Å². The number of morpholine rings is 1. The van der Waals surface area contributed by atoms with Crippen LogP contribution in [0.1, 0.15) is 48.3 Å². The zero-order valence-corrected chi connectivity index (χ0v) is 19.9. The molecule has 32 heavy (non-hydrogen) atoms. The largest absolute Gasteiger partial charge is 0.495 e. The molecule has 174 valence electrons. The number of sulfonamides is 1. The number of amides is 1. The Hall–Kier alpha value is -2.42. The van der Waals surface area contributed by atoms with E-state index in [-0.39, 0.29) is 47.2 Å². The highest BCUT2D eigenvalue weighted by atomic mass is 32.2. The molecule has 1 aliphatic heterocycles. The minimum atomic E-state index is -3.82. The van der Waals surface area contributed by atoms with E-state index in [0.29, 0.717) is 13.2 Å². The summed E-state index contributed by atoms with van der Waals surface area (Å²) >= 11 is 0. The number of rotatable bonds is 8. The van der Waals surface area contributed by atoms with Crippen LogP contribution < -0.4 is 10.1 Å². The van der Waals surface area contributed by atoms with Gasteiger partial charge in [-0.05, 0) is 41.7 Å². The Morgan fingerprint density at radius 1 is 1.12 bits per heavy atom. The SMILES string of the molecule is CCc1ccc(C(NC(=O)c2ccc(OC)c(S(=O)(=O)N3CCOCC3)c2)C(C)C)cc1. The first-order chi connectivity index (χ1) is 15.3. The average molecular weight is 461 g/mol. The molecule has 3 rings (SSSR count). The van der Waals surface area contributed by atoms with Crippen molar-refractivity contribution < 1.29 is 22.7 Å². The van der Waals surface area contributed by atoms with Crippen LogP contribution >= 0.6 is 0 Å². The minimum absolute atomic E-state index is 0.0112. The van der Waals surface area contributed by atoms with E-state index in [9.17, 15) is 13.2 Å². The number of aryl methyl sites for hydroxylation is 1. The number of carbonyl (C=O) groups is 1. The highest BCUT2D eigenvalue weighted by Crippen LogP contribution is 2.29. The quantitative estimate of drug-likeness (QED) is 0.653. The van der Waals surface area contributed by atoms with Crippen LogP contribution in [0.25, 0.3) is 0 Å². The molecule has 1 amide bonds. The number of nitrogens with zero attached hydrogens (tertiary/aromatic N) is 1. The number of hydrogen-bond acceptors (Lipinski definition) is 5. The van der Waals surface area contributed by atoms with Gasteiger partial charge in [-0.3, -0.25) is 4.79 Å². The van der Waals surface area contributed by atoms with Crippen LogP contribution in [0, 0.1) is 5.92 Å². The summed E-state index contributed by atoms with van der Waals surface area (Å²) in [6, 6.07) is 12.5. The molecule has 0 aliphatic carbocycles. The van der Waals surface area contributed by atoms with Gasteiger partial charge in [-0.1, -0.05) is 45.0 Å². The highest BCUT2D eigenvalue weighted by molar-refractivity contribution is 7.89. The van der Waals surface area contributed by atoms with E-state index in [4.69, 9.17) is 9.47 Å². The third-order valence-electron chi connectivity index (χ3n) is 5.71. The van der Waals surface area contributed by atoms with Crippen molar-refractivity contribution in [3.8, 4) is 5.75 Å². The van der Waals surface area contributed by atoms with Crippen molar-refractivity contribution in [2.75, 3.05) is 33.4 Å². The van der Waals surface area contributed by atoms with Gasteiger partial charge in [0.2, 0.25) is 10.0 Å². The summed E-state index contributed by atoms with van der Waals surface area (Å²) in [5.41, 5.74) is 2.52. The van der Waals surface area contributed by atoms with E-state index in [1.165, 1.54) is 29.1 Å². The Bertz CT molecular complexity index is 1030. The summed E-state index contributed by atoms with van der Waals surface area (Å²) in [6.45, 7) is 7.41. The van der Waals surface area contributed by atoms with Gasteiger partial charge >= 0.3 is 0 Å². The van der Waals surface area contributed by atoms with Crippen LogP contribution in [0.15, 0.2) is 47.4 Å². The van der Waals surface area contributed by atoms with Crippen molar-refractivity contribution >= 4 is 15.9 Å². The number of ether oxygens (including phenoxy) is 2. The Morgan fingerprint density at radius 2 is 1.78 bits per heavy atom. The number of methoxy groups -OCH3 is 1. The van der Waals surface area contributed by atoms with Gasteiger partial charge < -0.3 is 14.8 Å². The Morgan fingerprint density at radius 3 is 2.34 bits per heavy atom. The third kappa shape index (κ3) is 5.31. The van der Waals surface area contributed by atoms with E-state index >= 15 is 0 Å². The molecule has 2 aromatic carbocycles. The lowest BCUT2D eigenvalue weighted by molar-refractivity contribution is 0.0729. The van der Waals surface area contributed by atoms with Crippen molar-refractivity contribution in [2.24, 2.45) is 5.92 Å². The molecule has 1 heterocycles. The van der Waals surface area contributed by atoms with Crippen molar-refractivity contribution in [3.63, 3.8) is 0 Å². The monoisotopic (exact) mass is 460 g/mol. The predicted molar refractivity (Wildman–Crippen MR) is 123 cm³/mol. The van der Waals surface area contributed by atoms with Gasteiger partial charge in [0.15, 0.2) is 0 Å². The van der Waals surface area contributed by atoms with Crippen molar-refractivity contribution in [3.05, 3.63) is 59.2 Å². The third-order valence-corrected chi connectivity index (χ3v) is 7.63. The van der Waals surface area contributed by atoms with Gasteiger partial charge in [-0.2, -0.15) is 4.31 Å². The average Bonchev–Trinajstić information content (AvgIpc) is 2.82. The molecule has 0 spiro atoms. The summed E-state index contributed by atoms with van der Waals surface area (Å²) in [4.78, 5) is 13.1. The molecule has 8 heteroatoms. The van der Waals surface area contributed by atoms with E-state index in [1.807, 2.05) is 26.0 Å². The molecule has 1 atom stereocenters. The minimum Gasteiger partial charge on any atom is -0.495 e. The molecule has 0 bridgehead atoms. The van der Waals surface area contributed by atoms with Crippen LogP contribution in [-0.4, -0.2) is 52.0 Å². The molecule has 1 N–H and O–H groups in total. The van der Waals surface area contributed by atoms with Crippen LogP contribution in [0.4, 0.5) is 0 Å². The second-order valence-electron chi connectivity index (χ2n) is 8.17. The Balaban J connectivity index is 1.89. The van der Waals surface area contributed by atoms with E-state index in [1.54, 1.807) is 6.07 Å². The van der Waals surface area contributed by atoms with Crippen molar-refractivity contribution in [2.45, 2.75) is 38.1 Å². The molecule has 1 unspecified atom stereocenters. The van der Waals surface area contributed by atoms with Gasteiger partial charge in [0.25, 0.3) is 5.91 Å². The smallest absolute Gasteiger partial charge is 0.251 e. The molecule has 1 saturated heterocycles.